The van der Waals surface area contributed by atoms with Crippen molar-refractivity contribution >= 4 is 11.4 Å². The van der Waals surface area contributed by atoms with Crippen molar-refractivity contribution in [3.63, 3.8) is 0 Å². The van der Waals surface area contributed by atoms with Crippen LogP contribution < -0.4 is 9.47 Å². The summed E-state index contributed by atoms with van der Waals surface area (Å²) in [5.74, 6) is 1.26. The SMILES string of the molecule is CC1CCCCN1CC1C(O)CCC2C(=O)C(c3ccc4c(c3)OCCO4)=COC21. The van der Waals surface area contributed by atoms with Gasteiger partial charge in [0, 0.05) is 18.5 Å². The Morgan fingerprint density at radius 2 is 1.93 bits per heavy atom. The van der Waals surface area contributed by atoms with Gasteiger partial charge in [-0.3, -0.25) is 4.79 Å². The Bertz CT molecular complexity index is 837. The molecule has 0 bridgehead atoms. The summed E-state index contributed by atoms with van der Waals surface area (Å²) < 4.78 is 17.5. The summed E-state index contributed by atoms with van der Waals surface area (Å²) in [6, 6.07) is 6.14. The molecule has 5 atom stereocenters. The molecule has 162 valence electrons. The van der Waals surface area contributed by atoms with Crippen molar-refractivity contribution in [2.75, 3.05) is 26.3 Å². The Morgan fingerprint density at radius 1 is 1.10 bits per heavy atom. The van der Waals surface area contributed by atoms with Crippen LogP contribution in [-0.4, -0.2) is 60.3 Å². The molecule has 3 heterocycles. The molecule has 0 spiro atoms. The Morgan fingerprint density at radius 3 is 2.77 bits per heavy atom. The van der Waals surface area contributed by atoms with Crippen LogP contribution in [0.2, 0.25) is 0 Å². The Labute approximate surface area is 177 Å². The van der Waals surface area contributed by atoms with Gasteiger partial charge in [0.15, 0.2) is 17.3 Å². The van der Waals surface area contributed by atoms with Crippen LogP contribution in [0.4, 0.5) is 0 Å². The maximum Gasteiger partial charge on any atom is 0.173 e. The summed E-state index contributed by atoms with van der Waals surface area (Å²) in [6.07, 6.45) is 5.93. The number of hydrogen-bond acceptors (Lipinski definition) is 6. The summed E-state index contributed by atoms with van der Waals surface area (Å²) in [5, 5.41) is 10.8. The first kappa shape index (κ1) is 19.9. The number of fused-ring (bicyclic) bond motifs is 2. The topological polar surface area (TPSA) is 68.2 Å². The lowest BCUT2D eigenvalue weighted by molar-refractivity contribution is -0.134. The van der Waals surface area contributed by atoms with Crippen LogP contribution in [-0.2, 0) is 9.53 Å². The number of rotatable bonds is 3. The largest absolute Gasteiger partial charge is 0.496 e. The highest BCUT2D eigenvalue weighted by molar-refractivity contribution is 6.22. The van der Waals surface area contributed by atoms with E-state index in [0.29, 0.717) is 49.2 Å². The summed E-state index contributed by atoms with van der Waals surface area (Å²) in [4.78, 5) is 15.9. The second-order valence-electron chi connectivity index (χ2n) is 9.11. The van der Waals surface area contributed by atoms with E-state index in [0.717, 1.165) is 18.7 Å². The van der Waals surface area contributed by atoms with Gasteiger partial charge in [0.1, 0.15) is 19.3 Å². The number of nitrogens with zero attached hydrogens (tertiary/aromatic N) is 1. The number of allylic oxidation sites excluding steroid dienone is 1. The first-order valence-corrected chi connectivity index (χ1v) is 11.3. The van der Waals surface area contributed by atoms with Gasteiger partial charge in [-0.1, -0.05) is 12.5 Å². The van der Waals surface area contributed by atoms with Crippen molar-refractivity contribution in [3.05, 3.63) is 30.0 Å². The Balaban J connectivity index is 1.37. The summed E-state index contributed by atoms with van der Waals surface area (Å²) in [6.45, 7) is 5.18. The normalized spacial score (nSPS) is 34.0. The number of aliphatic hydroxyl groups is 1. The molecule has 1 aliphatic carbocycles. The number of piperidine rings is 1. The minimum atomic E-state index is -0.419. The highest BCUT2D eigenvalue weighted by atomic mass is 16.6. The average Bonchev–Trinajstić information content (AvgIpc) is 2.77. The minimum Gasteiger partial charge on any atom is -0.496 e. The van der Waals surface area contributed by atoms with Crippen LogP contribution >= 0.6 is 0 Å². The van der Waals surface area contributed by atoms with E-state index in [1.807, 2.05) is 18.2 Å². The molecule has 1 aromatic rings. The molecule has 5 rings (SSSR count). The third-order valence-electron chi connectivity index (χ3n) is 7.27. The van der Waals surface area contributed by atoms with Crippen molar-refractivity contribution in [3.8, 4) is 11.5 Å². The van der Waals surface area contributed by atoms with E-state index in [9.17, 15) is 9.90 Å². The van der Waals surface area contributed by atoms with Gasteiger partial charge < -0.3 is 24.2 Å². The molecule has 0 aromatic heterocycles. The Hall–Kier alpha value is -2.05. The predicted octanol–water partition coefficient (Wildman–Crippen LogP) is 3.03. The maximum absolute atomic E-state index is 13.4. The Kier molecular flexibility index (Phi) is 5.46. The van der Waals surface area contributed by atoms with Crippen LogP contribution in [0.15, 0.2) is 24.5 Å². The monoisotopic (exact) mass is 413 g/mol. The first-order valence-electron chi connectivity index (χ1n) is 11.3. The molecule has 5 unspecified atom stereocenters. The van der Waals surface area contributed by atoms with Crippen LogP contribution in [0.25, 0.3) is 5.57 Å². The predicted molar refractivity (Wildman–Crippen MR) is 112 cm³/mol. The lowest BCUT2D eigenvalue weighted by Crippen LogP contribution is -2.53. The van der Waals surface area contributed by atoms with Gasteiger partial charge in [-0.05, 0) is 56.8 Å². The van der Waals surface area contributed by atoms with Crippen molar-refractivity contribution in [1.29, 1.82) is 0 Å². The molecular formula is C24H31NO5. The van der Waals surface area contributed by atoms with Gasteiger partial charge in [-0.25, -0.2) is 0 Å². The van der Waals surface area contributed by atoms with Gasteiger partial charge in [0.25, 0.3) is 0 Å². The van der Waals surface area contributed by atoms with Crippen LogP contribution in [0, 0.1) is 11.8 Å². The average molecular weight is 414 g/mol. The quantitative estimate of drug-likeness (QED) is 0.822. The van der Waals surface area contributed by atoms with Gasteiger partial charge in [-0.15, -0.1) is 0 Å². The molecule has 0 radical (unpaired) electrons. The van der Waals surface area contributed by atoms with E-state index in [-0.39, 0.29) is 23.7 Å². The number of hydrogen-bond donors (Lipinski definition) is 1. The number of carbonyl (C=O) groups excluding carboxylic acids is 1. The van der Waals surface area contributed by atoms with E-state index in [1.54, 1.807) is 6.26 Å². The zero-order valence-corrected chi connectivity index (χ0v) is 17.6. The van der Waals surface area contributed by atoms with Gasteiger partial charge >= 0.3 is 0 Å². The molecule has 1 saturated heterocycles. The third kappa shape index (κ3) is 3.60. The first-order chi connectivity index (χ1) is 14.6. The van der Waals surface area contributed by atoms with Gasteiger partial charge in [0.05, 0.1) is 23.9 Å². The second kappa shape index (κ2) is 8.23. The fourth-order valence-corrected chi connectivity index (χ4v) is 5.47. The molecule has 2 fully saturated rings. The van der Waals surface area contributed by atoms with Crippen molar-refractivity contribution in [2.45, 2.75) is 57.3 Å². The molecule has 4 aliphatic rings. The van der Waals surface area contributed by atoms with E-state index >= 15 is 0 Å². The second-order valence-corrected chi connectivity index (χ2v) is 9.11. The number of likely N-dealkylation sites (tertiary alicyclic amines) is 1. The highest BCUT2D eigenvalue weighted by Gasteiger charge is 2.47. The molecule has 6 nitrogen and oxygen atoms in total. The molecule has 1 aromatic carbocycles. The van der Waals surface area contributed by atoms with E-state index < -0.39 is 6.10 Å². The molecular weight excluding hydrogens is 382 g/mol. The highest BCUT2D eigenvalue weighted by Crippen LogP contribution is 2.41. The molecule has 1 N–H and O–H groups in total. The number of benzene rings is 1. The smallest absolute Gasteiger partial charge is 0.173 e. The van der Waals surface area contributed by atoms with Crippen molar-refractivity contribution < 1.29 is 24.1 Å². The fraction of sp³-hybridized carbons (Fsp3) is 0.625. The lowest BCUT2D eigenvalue weighted by atomic mass is 9.71. The lowest BCUT2D eigenvalue weighted by Gasteiger charge is -2.45. The molecule has 0 amide bonds. The van der Waals surface area contributed by atoms with Gasteiger partial charge in [0.2, 0.25) is 0 Å². The molecule has 3 aliphatic heterocycles. The van der Waals surface area contributed by atoms with Crippen LogP contribution in [0.1, 0.15) is 44.6 Å². The number of Topliss-reactive ketones (excluding diaryl/α,β-unsaturated/α-hetero) is 1. The van der Waals surface area contributed by atoms with Crippen molar-refractivity contribution in [2.24, 2.45) is 11.8 Å². The van der Waals surface area contributed by atoms with E-state index in [4.69, 9.17) is 14.2 Å². The third-order valence-corrected chi connectivity index (χ3v) is 7.27. The minimum absolute atomic E-state index is 0.0358. The maximum atomic E-state index is 13.4. The summed E-state index contributed by atoms with van der Waals surface area (Å²) in [5.41, 5.74) is 1.39. The van der Waals surface area contributed by atoms with Gasteiger partial charge in [-0.2, -0.15) is 0 Å². The van der Waals surface area contributed by atoms with E-state index in [2.05, 4.69) is 11.8 Å². The number of ketones is 1. The molecule has 6 heteroatoms. The summed E-state index contributed by atoms with van der Waals surface area (Å²) >= 11 is 0. The number of ether oxygens (including phenoxy) is 3. The summed E-state index contributed by atoms with van der Waals surface area (Å²) in [7, 11) is 0. The van der Waals surface area contributed by atoms with Crippen LogP contribution in [0.5, 0.6) is 11.5 Å². The molecule has 1 saturated carbocycles. The van der Waals surface area contributed by atoms with E-state index in [1.165, 1.54) is 19.3 Å². The zero-order valence-electron chi connectivity index (χ0n) is 17.6. The van der Waals surface area contributed by atoms with Crippen LogP contribution in [0.3, 0.4) is 0 Å². The molecule has 30 heavy (non-hydrogen) atoms. The zero-order chi connectivity index (χ0) is 20.7. The fourth-order valence-electron chi connectivity index (χ4n) is 5.47. The number of carbonyl (C=O) groups is 1. The number of aliphatic hydroxyl groups excluding tert-OH is 1. The van der Waals surface area contributed by atoms with Crippen molar-refractivity contribution in [1.82, 2.24) is 4.90 Å². The standard InChI is InChI=1S/C24H31NO5/c1-15-4-2-3-9-25(15)13-18-20(26)7-6-17-23(27)19(14-30-24(17)18)16-5-8-21-22(12-16)29-11-10-28-21/h5,8,12,14-15,17-18,20,24,26H,2-4,6-7,9-11,13H2,1H3.